The van der Waals surface area contributed by atoms with Crippen molar-refractivity contribution in [2.75, 3.05) is 39.4 Å². The SMILES string of the molecule is CCOC(=O)N1CCN(C(=O)[C@H](CCC(=O)O)NC(=O)c2cc(OC3(C(=O)OCC)CCC3)n(-c3cccc(Cl)c3C)n2)CC1. The van der Waals surface area contributed by atoms with E-state index in [-0.39, 0.29) is 63.8 Å². The fourth-order valence-electron chi connectivity index (χ4n) is 5.16. The normalized spacial score (nSPS) is 16.3. The second-order valence-electron chi connectivity index (χ2n) is 10.8. The van der Waals surface area contributed by atoms with Crippen LogP contribution in [0.2, 0.25) is 5.02 Å². The maximum Gasteiger partial charge on any atom is 0.409 e. The van der Waals surface area contributed by atoms with Crippen molar-refractivity contribution in [2.45, 2.75) is 64.5 Å². The molecular formula is C30H38ClN5O9. The van der Waals surface area contributed by atoms with Gasteiger partial charge in [-0.25, -0.2) is 9.59 Å². The summed E-state index contributed by atoms with van der Waals surface area (Å²) in [6.45, 7) is 6.42. The summed E-state index contributed by atoms with van der Waals surface area (Å²) >= 11 is 6.37. The van der Waals surface area contributed by atoms with Crippen molar-refractivity contribution in [3.05, 3.63) is 40.5 Å². The molecule has 244 valence electrons. The maximum atomic E-state index is 13.6. The number of carbonyl (C=O) groups excluding carboxylic acids is 4. The van der Waals surface area contributed by atoms with Crippen LogP contribution in [0.25, 0.3) is 5.69 Å². The van der Waals surface area contributed by atoms with Gasteiger partial charge in [0.1, 0.15) is 6.04 Å². The lowest BCUT2D eigenvalue weighted by atomic mass is 9.80. The Labute approximate surface area is 265 Å². The van der Waals surface area contributed by atoms with Crippen LogP contribution < -0.4 is 10.1 Å². The largest absolute Gasteiger partial charge is 0.481 e. The number of carboxylic acids is 1. The van der Waals surface area contributed by atoms with Crippen LogP contribution in [0.1, 0.15) is 62.0 Å². The van der Waals surface area contributed by atoms with Gasteiger partial charge in [-0.3, -0.25) is 14.4 Å². The van der Waals surface area contributed by atoms with Crippen LogP contribution >= 0.6 is 11.6 Å². The van der Waals surface area contributed by atoms with E-state index in [0.717, 1.165) is 6.42 Å². The molecule has 1 atom stereocenters. The molecule has 45 heavy (non-hydrogen) atoms. The number of carbonyl (C=O) groups is 5. The van der Waals surface area contributed by atoms with Crippen molar-refractivity contribution in [1.82, 2.24) is 24.9 Å². The van der Waals surface area contributed by atoms with Crippen molar-refractivity contribution in [2.24, 2.45) is 0 Å². The Balaban J connectivity index is 1.59. The molecule has 2 heterocycles. The third-order valence-electron chi connectivity index (χ3n) is 7.85. The third-order valence-corrected chi connectivity index (χ3v) is 8.26. The van der Waals surface area contributed by atoms with Gasteiger partial charge in [-0.15, -0.1) is 0 Å². The highest BCUT2D eigenvalue weighted by Gasteiger charge is 2.49. The summed E-state index contributed by atoms with van der Waals surface area (Å²) < 4.78 is 17.9. The topological polar surface area (TPSA) is 170 Å². The molecule has 2 N–H and O–H groups in total. The molecule has 1 saturated heterocycles. The molecule has 1 aliphatic carbocycles. The van der Waals surface area contributed by atoms with E-state index in [2.05, 4.69) is 10.4 Å². The Morgan fingerprint density at radius 3 is 2.31 bits per heavy atom. The zero-order valence-corrected chi connectivity index (χ0v) is 26.3. The van der Waals surface area contributed by atoms with Gasteiger partial charge in [-0.1, -0.05) is 17.7 Å². The van der Waals surface area contributed by atoms with Crippen LogP contribution in [0.15, 0.2) is 24.3 Å². The van der Waals surface area contributed by atoms with E-state index in [1.807, 2.05) is 0 Å². The summed E-state index contributed by atoms with van der Waals surface area (Å²) in [5.41, 5.74) is -0.204. The molecule has 0 unspecified atom stereocenters. The van der Waals surface area contributed by atoms with Crippen molar-refractivity contribution in [3.63, 3.8) is 0 Å². The lowest BCUT2D eigenvalue weighted by molar-refractivity contribution is -0.170. The average Bonchev–Trinajstić information content (AvgIpc) is 3.41. The summed E-state index contributed by atoms with van der Waals surface area (Å²) in [5.74, 6) is -2.77. The Morgan fingerprint density at radius 2 is 1.71 bits per heavy atom. The molecule has 4 rings (SSSR count). The molecule has 0 bridgehead atoms. The number of aromatic nitrogens is 2. The standard InChI is InChI=1S/C30H38ClN5O9/c1-4-43-28(41)30(12-7-13-30)45-24-18-22(33-36(24)23-9-6-8-20(31)19(23)3)26(39)32-21(10-11-25(37)38)27(40)34-14-16-35(17-15-34)29(42)44-5-2/h6,8-9,18,21H,4-5,7,10-17H2,1-3H3,(H,32,39)(H,37,38)/t21-/m0/s1. The number of nitrogens with one attached hydrogen (secondary N) is 1. The molecule has 14 nitrogen and oxygen atoms in total. The second kappa shape index (κ2) is 14.6. The molecule has 2 aromatic rings. The lowest BCUT2D eigenvalue weighted by Gasteiger charge is -2.38. The van der Waals surface area contributed by atoms with E-state index in [9.17, 15) is 29.1 Å². The molecule has 1 saturated carbocycles. The Morgan fingerprint density at radius 1 is 1.04 bits per heavy atom. The van der Waals surface area contributed by atoms with E-state index in [4.69, 9.17) is 25.8 Å². The number of nitrogens with zero attached hydrogens (tertiary/aromatic N) is 4. The summed E-state index contributed by atoms with van der Waals surface area (Å²) in [6, 6.07) is 5.34. The van der Waals surface area contributed by atoms with Gasteiger partial charge < -0.3 is 34.4 Å². The van der Waals surface area contributed by atoms with Gasteiger partial charge in [-0.05, 0) is 64.2 Å². The summed E-state index contributed by atoms with van der Waals surface area (Å²) in [4.78, 5) is 66.4. The van der Waals surface area contributed by atoms with Crippen molar-refractivity contribution in [1.29, 1.82) is 0 Å². The highest BCUT2D eigenvalue weighted by Crippen LogP contribution is 2.39. The van der Waals surface area contributed by atoms with Crippen molar-refractivity contribution >= 4 is 41.4 Å². The molecule has 1 aliphatic heterocycles. The Kier molecular flexibility index (Phi) is 10.9. The van der Waals surface area contributed by atoms with Crippen LogP contribution in [0, 0.1) is 6.92 Å². The first-order valence-electron chi connectivity index (χ1n) is 14.9. The predicted molar refractivity (Wildman–Crippen MR) is 160 cm³/mol. The van der Waals surface area contributed by atoms with Gasteiger partial charge in [0.25, 0.3) is 5.91 Å². The first-order valence-corrected chi connectivity index (χ1v) is 15.3. The van der Waals surface area contributed by atoms with Crippen LogP contribution in [0.3, 0.4) is 0 Å². The number of carboxylic acid groups (broad SMARTS) is 1. The smallest absolute Gasteiger partial charge is 0.409 e. The van der Waals surface area contributed by atoms with Crippen molar-refractivity contribution < 1.29 is 43.3 Å². The van der Waals surface area contributed by atoms with Gasteiger partial charge >= 0.3 is 18.0 Å². The van der Waals surface area contributed by atoms with Crippen molar-refractivity contribution in [3.8, 4) is 11.6 Å². The van der Waals surface area contributed by atoms with Crippen LogP contribution in [-0.2, 0) is 23.9 Å². The first kappa shape index (κ1) is 33.6. The van der Waals surface area contributed by atoms with Gasteiger partial charge in [0.15, 0.2) is 5.69 Å². The number of hydrogen-bond acceptors (Lipinski definition) is 9. The average molecular weight is 648 g/mol. The Bertz CT molecular complexity index is 1430. The number of hydrogen-bond donors (Lipinski definition) is 2. The molecule has 2 aliphatic rings. The number of aliphatic carboxylic acids is 1. The minimum absolute atomic E-state index is 0.0989. The number of piperazine rings is 1. The van der Waals surface area contributed by atoms with E-state index in [1.165, 1.54) is 20.5 Å². The number of amides is 3. The van der Waals surface area contributed by atoms with Crippen LogP contribution in [-0.4, -0.2) is 106 Å². The zero-order chi connectivity index (χ0) is 32.7. The molecule has 0 radical (unpaired) electrons. The minimum atomic E-state index is -1.24. The number of halogens is 1. The summed E-state index contributed by atoms with van der Waals surface area (Å²) in [7, 11) is 0. The highest BCUT2D eigenvalue weighted by atomic mass is 35.5. The van der Waals surface area contributed by atoms with Gasteiger partial charge in [0, 0.05) is 43.7 Å². The highest BCUT2D eigenvalue weighted by molar-refractivity contribution is 6.31. The maximum absolute atomic E-state index is 13.6. The number of ether oxygens (including phenoxy) is 3. The second-order valence-corrected chi connectivity index (χ2v) is 11.2. The molecule has 0 spiro atoms. The molecule has 2 fully saturated rings. The van der Waals surface area contributed by atoms with Crippen LogP contribution in [0.5, 0.6) is 5.88 Å². The van der Waals surface area contributed by atoms with E-state index >= 15 is 0 Å². The number of esters is 1. The van der Waals surface area contributed by atoms with E-state index in [1.54, 1.807) is 39.0 Å². The van der Waals surface area contributed by atoms with E-state index in [0.29, 0.717) is 29.1 Å². The minimum Gasteiger partial charge on any atom is -0.481 e. The Hall–Kier alpha value is -4.33. The quantitative estimate of drug-likeness (QED) is 0.327. The van der Waals surface area contributed by atoms with Gasteiger partial charge in [-0.2, -0.15) is 9.78 Å². The van der Waals surface area contributed by atoms with Gasteiger partial charge in [0.05, 0.1) is 18.9 Å². The molecular weight excluding hydrogens is 610 g/mol. The molecule has 15 heteroatoms. The lowest BCUT2D eigenvalue weighted by Crippen LogP contribution is -2.56. The van der Waals surface area contributed by atoms with Crippen LogP contribution in [0.4, 0.5) is 4.79 Å². The summed E-state index contributed by atoms with van der Waals surface area (Å²) in [6.07, 6.45) is 0.575. The molecule has 1 aromatic carbocycles. The zero-order valence-electron chi connectivity index (χ0n) is 25.5. The fraction of sp³-hybridized carbons (Fsp3) is 0.533. The van der Waals surface area contributed by atoms with Gasteiger partial charge in [0.2, 0.25) is 17.4 Å². The first-order chi connectivity index (χ1) is 21.5. The number of benzene rings is 1. The fourth-order valence-corrected chi connectivity index (χ4v) is 5.33. The molecule has 1 aromatic heterocycles. The van der Waals surface area contributed by atoms with E-state index < -0.39 is 41.5 Å². The monoisotopic (exact) mass is 647 g/mol. The molecule has 3 amide bonds. The summed E-state index contributed by atoms with van der Waals surface area (Å²) in [5, 5.41) is 16.9. The third kappa shape index (κ3) is 7.67. The number of rotatable bonds is 12. The predicted octanol–water partition coefficient (Wildman–Crippen LogP) is 2.96.